The summed E-state index contributed by atoms with van der Waals surface area (Å²) in [5.74, 6) is -0.277. The largest absolute Gasteiger partial charge is 0.506 e. The summed E-state index contributed by atoms with van der Waals surface area (Å²) >= 11 is 0. The zero-order chi connectivity index (χ0) is 14.7. The maximum atomic E-state index is 12.1. The second-order valence-electron chi connectivity index (χ2n) is 5.15. The molecular formula is C15H19ClN4O2. The smallest absolute Gasteiger partial charge is 0.276 e. The number of hydrogen-bond donors (Lipinski definition) is 3. The second-order valence-corrected chi connectivity index (χ2v) is 5.15. The molecule has 22 heavy (non-hydrogen) atoms. The van der Waals surface area contributed by atoms with Gasteiger partial charge >= 0.3 is 0 Å². The van der Waals surface area contributed by atoms with Gasteiger partial charge in [-0.15, -0.1) is 12.4 Å². The van der Waals surface area contributed by atoms with Gasteiger partial charge in [0.05, 0.1) is 11.7 Å². The lowest BCUT2D eigenvalue weighted by molar-refractivity contribution is 0.102. The predicted molar refractivity (Wildman–Crippen MR) is 86.7 cm³/mol. The molecule has 1 fully saturated rings. The number of carbonyl (C=O) groups excluding carboxylic acids is 1. The fraction of sp³-hybridized carbons (Fsp3) is 0.333. The molecule has 1 unspecified atom stereocenters. The Kier molecular flexibility index (Phi) is 5.41. The van der Waals surface area contributed by atoms with Gasteiger partial charge in [-0.3, -0.25) is 9.48 Å². The van der Waals surface area contributed by atoms with Gasteiger partial charge in [-0.25, -0.2) is 0 Å². The highest BCUT2D eigenvalue weighted by Crippen LogP contribution is 2.22. The van der Waals surface area contributed by atoms with Crippen molar-refractivity contribution in [1.29, 1.82) is 0 Å². The number of nitrogens with zero attached hydrogens (tertiary/aromatic N) is 2. The minimum absolute atomic E-state index is 0. The first-order valence-electron chi connectivity index (χ1n) is 7.09. The zero-order valence-electron chi connectivity index (χ0n) is 12.0. The third-order valence-corrected chi connectivity index (χ3v) is 3.64. The first kappa shape index (κ1) is 16.3. The summed E-state index contributed by atoms with van der Waals surface area (Å²) in [4.78, 5) is 12.1. The highest BCUT2D eigenvalue weighted by molar-refractivity contribution is 6.03. The van der Waals surface area contributed by atoms with Crippen LogP contribution >= 0.6 is 12.4 Å². The van der Waals surface area contributed by atoms with Gasteiger partial charge in [0, 0.05) is 12.7 Å². The molecule has 1 aromatic heterocycles. The van der Waals surface area contributed by atoms with Crippen LogP contribution in [0.15, 0.2) is 36.5 Å². The SMILES string of the molecule is Cl.O=C(Nc1ccccc1O)c1ccn(C2CCCNC2)n1. The summed E-state index contributed by atoms with van der Waals surface area (Å²) in [6.07, 6.45) is 4.01. The molecule has 0 bridgehead atoms. The van der Waals surface area contributed by atoms with Gasteiger partial charge in [-0.05, 0) is 37.6 Å². The van der Waals surface area contributed by atoms with Crippen molar-refractivity contribution < 1.29 is 9.90 Å². The topological polar surface area (TPSA) is 79.2 Å². The number of hydrogen-bond acceptors (Lipinski definition) is 4. The molecular weight excluding hydrogens is 304 g/mol. The lowest BCUT2D eigenvalue weighted by Gasteiger charge is -2.22. The van der Waals surface area contributed by atoms with Crippen LogP contribution in [0.3, 0.4) is 0 Å². The third-order valence-electron chi connectivity index (χ3n) is 3.64. The van der Waals surface area contributed by atoms with E-state index in [2.05, 4.69) is 15.7 Å². The van der Waals surface area contributed by atoms with E-state index in [-0.39, 0.29) is 24.1 Å². The molecule has 1 aliphatic rings. The fourth-order valence-electron chi connectivity index (χ4n) is 2.49. The molecule has 0 radical (unpaired) electrons. The van der Waals surface area contributed by atoms with Gasteiger partial charge in [0.2, 0.25) is 0 Å². The molecule has 1 atom stereocenters. The fourth-order valence-corrected chi connectivity index (χ4v) is 2.49. The maximum Gasteiger partial charge on any atom is 0.276 e. The van der Waals surface area contributed by atoms with E-state index in [0.717, 1.165) is 25.9 Å². The molecule has 1 saturated heterocycles. The van der Waals surface area contributed by atoms with Crippen LogP contribution in [0.1, 0.15) is 29.4 Å². The number of aromatic hydroxyl groups is 1. The zero-order valence-corrected chi connectivity index (χ0v) is 12.8. The van der Waals surface area contributed by atoms with Crippen LogP contribution < -0.4 is 10.6 Å². The van der Waals surface area contributed by atoms with E-state index in [0.29, 0.717) is 17.4 Å². The molecule has 0 aliphatic carbocycles. The number of benzene rings is 1. The van der Waals surface area contributed by atoms with E-state index in [9.17, 15) is 9.90 Å². The van der Waals surface area contributed by atoms with Gasteiger partial charge in [0.15, 0.2) is 5.69 Å². The van der Waals surface area contributed by atoms with Gasteiger partial charge in [-0.1, -0.05) is 12.1 Å². The monoisotopic (exact) mass is 322 g/mol. The number of nitrogens with one attached hydrogen (secondary N) is 2. The van der Waals surface area contributed by atoms with Gasteiger partial charge in [0.25, 0.3) is 5.91 Å². The van der Waals surface area contributed by atoms with Crippen molar-refractivity contribution in [2.24, 2.45) is 0 Å². The Balaban J connectivity index is 0.00000176. The molecule has 3 N–H and O–H groups in total. The molecule has 7 heteroatoms. The van der Waals surface area contributed by atoms with Crippen molar-refractivity contribution in [2.75, 3.05) is 18.4 Å². The summed E-state index contributed by atoms with van der Waals surface area (Å²) < 4.78 is 1.84. The molecule has 0 spiro atoms. The number of aromatic nitrogens is 2. The Hall–Kier alpha value is -2.05. The summed E-state index contributed by atoms with van der Waals surface area (Å²) in [7, 11) is 0. The lowest BCUT2D eigenvalue weighted by atomic mass is 10.1. The van der Waals surface area contributed by atoms with Gasteiger partial charge in [0.1, 0.15) is 5.75 Å². The van der Waals surface area contributed by atoms with Crippen LogP contribution in [0.4, 0.5) is 5.69 Å². The van der Waals surface area contributed by atoms with Gasteiger partial charge in [-0.2, -0.15) is 5.10 Å². The Morgan fingerprint density at radius 1 is 1.36 bits per heavy atom. The summed E-state index contributed by atoms with van der Waals surface area (Å²) in [5.41, 5.74) is 0.736. The van der Waals surface area contributed by atoms with Crippen molar-refractivity contribution in [3.63, 3.8) is 0 Å². The minimum atomic E-state index is -0.320. The molecule has 2 heterocycles. The van der Waals surface area contributed by atoms with E-state index < -0.39 is 0 Å². The standard InChI is InChI=1S/C15H18N4O2.ClH/c20-14-6-2-1-5-12(14)17-15(21)13-7-9-19(18-13)11-4-3-8-16-10-11;/h1-2,5-7,9,11,16,20H,3-4,8,10H2,(H,17,21);1H. The number of phenols is 1. The van der Waals surface area contributed by atoms with Crippen molar-refractivity contribution in [3.8, 4) is 5.75 Å². The van der Waals surface area contributed by atoms with Crippen LogP contribution in [0, 0.1) is 0 Å². The molecule has 1 aromatic carbocycles. The number of halogens is 1. The third kappa shape index (κ3) is 3.58. The second kappa shape index (κ2) is 7.29. The first-order valence-corrected chi connectivity index (χ1v) is 7.09. The average Bonchev–Trinajstić information content (AvgIpc) is 3.00. The van der Waals surface area contributed by atoms with Gasteiger partial charge < -0.3 is 15.7 Å². The van der Waals surface area contributed by atoms with Crippen molar-refractivity contribution >= 4 is 24.0 Å². The van der Waals surface area contributed by atoms with Crippen molar-refractivity contribution in [3.05, 3.63) is 42.2 Å². The van der Waals surface area contributed by atoms with E-state index in [1.165, 1.54) is 6.07 Å². The van der Waals surface area contributed by atoms with E-state index in [4.69, 9.17) is 0 Å². The van der Waals surface area contributed by atoms with Crippen LogP contribution in [-0.2, 0) is 0 Å². The number of anilines is 1. The van der Waals surface area contributed by atoms with Crippen molar-refractivity contribution in [2.45, 2.75) is 18.9 Å². The van der Waals surface area contributed by atoms with Crippen LogP contribution in [0.5, 0.6) is 5.75 Å². The predicted octanol–water partition coefficient (Wildman–Crippen LogP) is 2.19. The summed E-state index contributed by atoms with van der Waals surface area (Å²) in [6, 6.07) is 8.63. The number of para-hydroxylation sites is 2. The molecule has 2 aromatic rings. The summed E-state index contributed by atoms with van der Waals surface area (Å²) in [6.45, 7) is 1.92. The van der Waals surface area contributed by atoms with Crippen molar-refractivity contribution in [1.82, 2.24) is 15.1 Å². The Morgan fingerprint density at radius 2 is 2.18 bits per heavy atom. The number of phenolic OH excluding ortho intramolecular Hbond substituents is 1. The quantitative estimate of drug-likeness (QED) is 0.757. The highest BCUT2D eigenvalue weighted by atomic mass is 35.5. The Labute approximate surface area is 134 Å². The number of piperidine rings is 1. The molecule has 1 aliphatic heterocycles. The number of rotatable bonds is 3. The summed E-state index contributed by atoms with van der Waals surface area (Å²) in [5, 5.41) is 20.0. The normalized spacial score (nSPS) is 17.5. The van der Waals surface area contributed by atoms with E-state index >= 15 is 0 Å². The highest BCUT2D eigenvalue weighted by Gasteiger charge is 2.18. The molecule has 3 rings (SSSR count). The molecule has 6 nitrogen and oxygen atoms in total. The molecule has 1 amide bonds. The van der Waals surface area contributed by atoms with Crippen LogP contribution in [-0.4, -0.2) is 33.9 Å². The number of amides is 1. The van der Waals surface area contributed by atoms with E-state index in [1.54, 1.807) is 24.3 Å². The molecule has 0 saturated carbocycles. The van der Waals surface area contributed by atoms with Crippen LogP contribution in [0.2, 0.25) is 0 Å². The van der Waals surface area contributed by atoms with E-state index in [1.807, 2.05) is 10.9 Å². The average molecular weight is 323 g/mol. The minimum Gasteiger partial charge on any atom is -0.506 e. The first-order chi connectivity index (χ1) is 10.2. The van der Waals surface area contributed by atoms with Crippen LogP contribution in [0.25, 0.3) is 0 Å². The number of carbonyl (C=O) groups is 1. The Morgan fingerprint density at radius 3 is 2.91 bits per heavy atom. The molecule has 118 valence electrons. The lowest BCUT2D eigenvalue weighted by Crippen LogP contribution is -2.32. The Bertz CT molecular complexity index is 638. The maximum absolute atomic E-state index is 12.1.